The maximum Gasteiger partial charge on any atom is 0.248 e. The molecule has 0 bridgehead atoms. The zero-order valence-electron chi connectivity index (χ0n) is 9.98. The number of hydrogen-bond acceptors (Lipinski definition) is 4. The molecule has 2 N–H and O–H groups in total. The average molecular weight is 300 g/mol. The Balaban J connectivity index is 1.98. The molecule has 0 spiro atoms. The highest BCUT2D eigenvalue weighted by Gasteiger charge is 2.14. The smallest absolute Gasteiger partial charge is 0.248 e. The number of anilines is 2. The number of nitrogens with one attached hydrogen (secondary N) is 2. The molecule has 7 heteroatoms. The molecule has 19 heavy (non-hydrogen) atoms. The molecule has 4 nitrogen and oxygen atoms in total. The lowest BCUT2D eigenvalue weighted by Crippen LogP contribution is -2.31. The van der Waals surface area contributed by atoms with Crippen LogP contribution in [0, 0.1) is 5.82 Å². The lowest BCUT2D eigenvalue weighted by Gasteiger charge is -2.14. The first-order chi connectivity index (χ1) is 9.06. The second kappa shape index (κ2) is 5.99. The number of amides is 1. The van der Waals surface area contributed by atoms with Gasteiger partial charge in [0, 0.05) is 17.3 Å². The van der Waals surface area contributed by atoms with Crippen LogP contribution in [0.4, 0.5) is 15.2 Å². The molecule has 1 aromatic heterocycles. The minimum Gasteiger partial charge on any atom is -0.374 e. The summed E-state index contributed by atoms with van der Waals surface area (Å²) in [5, 5.41) is 7.92. The predicted octanol–water partition coefficient (Wildman–Crippen LogP) is 3.37. The molecule has 0 aliphatic carbocycles. The number of rotatable bonds is 4. The SMILES string of the molecule is C[C@@H](Nc1ccc(F)c(Cl)c1)C(=O)Nc1nccs1. The standard InChI is InChI=1S/C12H11ClFN3OS/c1-7(11(18)17-12-15-4-5-19-12)16-8-2-3-10(14)9(13)6-8/h2-7,16H,1H3,(H,15,17,18)/t7-/m1/s1. The largest absolute Gasteiger partial charge is 0.374 e. The maximum absolute atomic E-state index is 13.0. The Morgan fingerprint density at radius 1 is 1.53 bits per heavy atom. The molecule has 2 aromatic rings. The number of aromatic nitrogens is 1. The number of carbonyl (C=O) groups excluding carboxylic acids is 1. The molecule has 0 fully saturated rings. The Morgan fingerprint density at radius 2 is 2.32 bits per heavy atom. The van der Waals surface area contributed by atoms with Crippen LogP contribution in [0.1, 0.15) is 6.92 Å². The number of hydrogen-bond donors (Lipinski definition) is 2. The quantitative estimate of drug-likeness (QED) is 0.910. The van der Waals surface area contributed by atoms with Crippen LogP contribution in [0.25, 0.3) is 0 Å². The highest BCUT2D eigenvalue weighted by atomic mass is 35.5. The zero-order chi connectivity index (χ0) is 13.8. The molecule has 1 atom stereocenters. The van der Waals surface area contributed by atoms with Gasteiger partial charge in [0.2, 0.25) is 5.91 Å². The van der Waals surface area contributed by atoms with E-state index in [1.807, 2.05) is 0 Å². The van der Waals surface area contributed by atoms with Crippen molar-refractivity contribution in [1.29, 1.82) is 0 Å². The fourth-order valence-electron chi connectivity index (χ4n) is 1.40. The lowest BCUT2D eigenvalue weighted by molar-refractivity contribution is -0.116. The minimum atomic E-state index is -0.495. The van der Waals surface area contributed by atoms with Crippen LogP contribution in [-0.2, 0) is 4.79 Å². The Morgan fingerprint density at radius 3 is 2.95 bits per heavy atom. The molecule has 2 rings (SSSR count). The summed E-state index contributed by atoms with van der Waals surface area (Å²) in [6.07, 6.45) is 1.61. The molecule has 0 saturated heterocycles. The van der Waals surface area contributed by atoms with Gasteiger partial charge in [-0.3, -0.25) is 4.79 Å². The zero-order valence-corrected chi connectivity index (χ0v) is 11.6. The second-order valence-corrected chi connectivity index (χ2v) is 5.12. The van der Waals surface area contributed by atoms with E-state index in [2.05, 4.69) is 15.6 Å². The van der Waals surface area contributed by atoms with Gasteiger partial charge in [-0.1, -0.05) is 11.6 Å². The monoisotopic (exact) mass is 299 g/mol. The van der Waals surface area contributed by atoms with Crippen LogP contribution in [0.2, 0.25) is 5.02 Å². The van der Waals surface area contributed by atoms with E-state index in [1.54, 1.807) is 18.5 Å². The van der Waals surface area contributed by atoms with Gasteiger partial charge in [-0.05, 0) is 25.1 Å². The van der Waals surface area contributed by atoms with Gasteiger partial charge in [0.25, 0.3) is 0 Å². The van der Waals surface area contributed by atoms with Crippen molar-refractivity contribution in [2.75, 3.05) is 10.6 Å². The number of carbonyl (C=O) groups is 1. The first-order valence-corrected chi connectivity index (χ1v) is 6.74. The van der Waals surface area contributed by atoms with Gasteiger partial charge in [0.15, 0.2) is 5.13 Å². The molecule has 0 saturated carbocycles. The first kappa shape index (κ1) is 13.8. The van der Waals surface area contributed by atoms with Crippen LogP contribution >= 0.6 is 22.9 Å². The summed E-state index contributed by atoms with van der Waals surface area (Å²) in [6.45, 7) is 1.69. The third kappa shape index (κ3) is 3.65. The van der Waals surface area contributed by atoms with Gasteiger partial charge in [-0.2, -0.15) is 0 Å². The molecular weight excluding hydrogens is 289 g/mol. The third-order valence-corrected chi connectivity index (χ3v) is 3.34. The van der Waals surface area contributed by atoms with Gasteiger partial charge >= 0.3 is 0 Å². The summed E-state index contributed by atoms with van der Waals surface area (Å²) < 4.78 is 13.0. The molecule has 1 amide bonds. The van der Waals surface area contributed by atoms with Crippen molar-refractivity contribution >= 4 is 39.7 Å². The fraction of sp³-hybridized carbons (Fsp3) is 0.167. The van der Waals surface area contributed by atoms with Crippen molar-refractivity contribution in [2.24, 2.45) is 0 Å². The van der Waals surface area contributed by atoms with Crippen molar-refractivity contribution in [3.63, 3.8) is 0 Å². The van der Waals surface area contributed by atoms with Crippen LogP contribution in [0.15, 0.2) is 29.8 Å². The van der Waals surface area contributed by atoms with Crippen molar-refractivity contribution in [3.8, 4) is 0 Å². The molecular formula is C12H11ClFN3OS. The van der Waals surface area contributed by atoms with Crippen molar-refractivity contribution in [2.45, 2.75) is 13.0 Å². The van der Waals surface area contributed by atoms with E-state index >= 15 is 0 Å². The van der Waals surface area contributed by atoms with Gasteiger partial charge in [0.1, 0.15) is 11.9 Å². The van der Waals surface area contributed by atoms with Gasteiger partial charge in [-0.15, -0.1) is 11.3 Å². The number of benzene rings is 1. The first-order valence-electron chi connectivity index (χ1n) is 5.48. The van der Waals surface area contributed by atoms with E-state index in [-0.39, 0.29) is 10.9 Å². The van der Waals surface area contributed by atoms with E-state index in [9.17, 15) is 9.18 Å². The van der Waals surface area contributed by atoms with Crippen LogP contribution < -0.4 is 10.6 Å². The number of nitrogens with zero attached hydrogens (tertiary/aromatic N) is 1. The molecule has 0 radical (unpaired) electrons. The van der Waals surface area contributed by atoms with Crippen molar-refractivity contribution in [1.82, 2.24) is 4.98 Å². The highest BCUT2D eigenvalue weighted by Crippen LogP contribution is 2.20. The molecule has 0 aliphatic heterocycles. The van der Waals surface area contributed by atoms with E-state index in [0.29, 0.717) is 10.8 Å². The molecule has 1 heterocycles. The second-order valence-electron chi connectivity index (χ2n) is 3.82. The third-order valence-electron chi connectivity index (χ3n) is 2.36. The highest BCUT2D eigenvalue weighted by molar-refractivity contribution is 7.13. The van der Waals surface area contributed by atoms with Crippen molar-refractivity contribution in [3.05, 3.63) is 40.6 Å². The Hall–Kier alpha value is -1.66. The number of thiazole rings is 1. The van der Waals surface area contributed by atoms with E-state index < -0.39 is 11.9 Å². The summed E-state index contributed by atoms with van der Waals surface area (Å²) in [7, 11) is 0. The Bertz CT molecular complexity index is 576. The molecule has 0 unspecified atom stereocenters. The summed E-state index contributed by atoms with van der Waals surface area (Å²) in [5.74, 6) is -0.720. The average Bonchev–Trinajstić information content (AvgIpc) is 2.86. The molecule has 100 valence electrons. The summed E-state index contributed by atoms with van der Waals surface area (Å²) in [4.78, 5) is 15.8. The Labute approximate surface area is 118 Å². The normalized spacial score (nSPS) is 11.9. The Kier molecular flexibility index (Phi) is 4.34. The topological polar surface area (TPSA) is 54.0 Å². The van der Waals surface area contributed by atoms with Gasteiger partial charge < -0.3 is 10.6 Å². The molecule has 0 aliphatic rings. The fourth-order valence-corrected chi connectivity index (χ4v) is 2.11. The predicted molar refractivity (Wildman–Crippen MR) is 75.2 cm³/mol. The van der Waals surface area contributed by atoms with Crippen LogP contribution in [0.5, 0.6) is 0 Å². The summed E-state index contributed by atoms with van der Waals surface area (Å²) >= 11 is 7.01. The number of halogens is 2. The van der Waals surface area contributed by atoms with Crippen molar-refractivity contribution < 1.29 is 9.18 Å². The van der Waals surface area contributed by atoms with E-state index in [0.717, 1.165) is 0 Å². The van der Waals surface area contributed by atoms with E-state index in [4.69, 9.17) is 11.6 Å². The van der Waals surface area contributed by atoms with Gasteiger partial charge in [0.05, 0.1) is 5.02 Å². The van der Waals surface area contributed by atoms with Gasteiger partial charge in [-0.25, -0.2) is 9.37 Å². The maximum atomic E-state index is 13.0. The summed E-state index contributed by atoms with van der Waals surface area (Å²) in [6, 6.07) is 3.71. The van der Waals surface area contributed by atoms with Crippen LogP contribution in [-0.4, -0.2) is 16.9 Å². The van der Waals surface area contributed by atoms with Crippen LogP contribution in [0.3, 0.4) is 0 Å². The minimum absolute atomic E-state index is 0.0116. The lowest BCUT2D eigenvalue weighted by atomic mass is 10.2. The van der Waals surface area contributed by atoms with E-state index in [1.165, 1.54) is 29.5 Å². The molecule has 1 aromatic carbocycles. The summed E-state index contributed by atoms with van der Waals surface area (Å²) in [5.41, 5.74) is 0.577.